The van der Waals surface area contributed by atoms with Crippen molar-refractivity contribution in [1.29, 1.82) is 0 Å². The van der Waals surface area contributed by atoms with Crippen LogP contribution in [0.4, 0.5) is 10.5 Å². The summed E-state index contributed by atoms with van der Waals surface area (Å²) >= 11 is 1.67. The lowest BCUT2D eigenvalue weighted by Gasteiger charge is -2.08. The van der Waals surface area contributed by atoms with Gasteiger partial charge in [-0.1, -0.05) is 18.2 Å². The van der Waals surface area contributed by atoms with Crippen LogP contribution in [0.3, 0.4) is 0 Å². The molecule has 0 saturated heterocycles. The minimum Gasteiger partial charge on any atom is -0.497 e. The van der Waals surface area contributed by atoms with Gasteiger partial charge in [0.05, 0.1) is 17.3 Å². The number of carbonyl (C=O) groups excluding carboxylic acids is 1. The number of urea groups is 1. The van der Waals surface area contributed by atoms with Gasteiger partial charge in [0.1, 0.15) is 10.8 Å². The summed E-state index contributed by atoms with van der Waals surface area (Å²) in [6.45, 7) is 2.53. The first-order valence-corrected chi connectivity index (χ1v) is 10.1. The van der Waals surface area contributed by atoms with E-state index in [4.69, 9.17) is 9.72 Å². The number of anilines is 1. The third-order valence-corrected chi connectivity index (χ3v) is 5.61. The number of methoxy groups -OCH3 is 1. The summed E-state index contributed by atoms with van der Waals surface area (Å²) in [6, 6.07) is 21.3. The number of ether oxygens (including phenoxy) is 1. The van der Waals surface area contributed by atoms with Crippen LogP contribution < -0.4 is 15.4 Å². The number of hydrogen-bond donors (Lipinski definition) is 2. The maximum atomic E-state index is 12.2. The Hall–Kier alpha value is -3.38. The molecule has 0 aliphatic heterocycles. The molecule has 1 aromatic heterocycles. The van der Waals surface area contributed by atoms with Crippen LogP contribution in [0.5, 0.6) is 5.75 Å². The van der Waals surface area contributed by atoms with Crippen molar-refractivity contribution in [2.45, 2.75) is 13.5 Å². The van der Waals surface area contributed by atoms with Crippen molar-refractivity contribution in [3.05, 3.63) is 77.9 Å². The van der Waals surface area contributed by atoms with Crippen LogP contribution in [-0.2, 0) is 6.54 Å². The molecule has 3 aromatic carbocycles. The van der Waals surface area contributed by atoms with Crippen molar-refractivity contribution < 1.29 is 9.53 Å². The van der Waals surface area contributed by atoms with Crippen molar-refractivity contribution in [2.24, 2.45) is 0 Å². The lowest BCUT2D eigenvalue weighted by atomic mass is 10.2. The molecule has 0 atom stereocenters. The van der Waals surface area contributed by atoms with Crippen LogP contribution in [0.1, 0.15) is 11.1 Å². The van der Waals surface area contributed by atoms with Crippen molar-refractivity contribution >= 4 is 33.3 Å². The van der Waals surface area contributed by atoms with Gasteiger partial charge < -0.3 is 15.4 Å². The van der Waals surface area contributed by atoms with Crippen molar-refractivity contribution in [3.63, 3.8) is 0 Å². The monoisotopic (exact) mass is 403 g/mol. The topological polar surface area (TPSA) is 63.2 Å². The number of aryl methyl sites for hydroxylation is 1. The van der Waals surface area contributed by atoms with Crippen LogP contribution in [0, 0.1) is 6.92 Å². The molecule has 6 heteroatoms. The van der Waals surface area contributed by atoms with Gasteiger partial charge in [-0.05, 0) is 66.6 Å². The minimum atomic E-state index is -0.246. The van der Waals surface area contributed by atoms with E-state index in [2.05, 4.69) is 29.7 Å². The van der Waals surface area contributed by atoms with Crippen LogP contribution in [0.2, 0.25) is 0 Å². The van der Waals surface area contributed by atoms with Crippen molar-refractivity contribution in [1.82, 2.24) is 10.3 Å². The van der Waals surface area contributed by atoms with E-state index in [0.717, 1.165) is 33.1 Å². The fourth-order valence-corrected chi connectivity index (χ4v) is 4.02. The largest absolute Gasteiger partial charge is 0.497 e. The van der Waals surface area contributed by atoms with Gasteiger partial charge in [-0.15, -0.1) is 11.3 Å². The van der Waals surface area contributed by atoms with E-state index in [9.17, 15) is 4.79 Å². The van der Waals surface area contributed by atoms with Gasteiger partial charge in [0.2, 0.25) is 0 Å². The highest BCUT2D eigenvalue weighted by atomic mass is 32.1. The van der Waals surface area contributed by atoms with E-state index in [1.165, 1.54) is 10.3 Å². The summed E-state index contributed by atoms with van der Waals surface area (Å²) in [4.78, 5) is 16.9. The van der Waals surface area contributed by atoms with E-state index in [1.807, 2.05) is 54.6 Å². The molecule has 2 N–H and O–H groups in total. The highest BCUT2D eigenvalue weighted by Gasteiger charge is 2.07. The summed E-state index contributed by atoms with van der Waals surface area (Å²) in [7, 11) is 1.63. The van der Waals surface area contributed by atoms with E-state index in [0.29, 0.717) is 6.54 Å². The van der Waals surface area contributed by atoms with E-state index in [1.54, 1.807) is 18.4 Å². The molecule has 0 aliphatic carbocycles. The number of amides is 2. The standard InChI is InChI=1S/C23H21N3O2S/c1-15-3-12-20-21(13-15)29-22(26-20)17-6-8-18(9-7-17)25-23(27)24-14-16-4-10-19(28-2)11-5-16/h3-13H,14H2,1-2H3,(H2,24,25,27). The first kappa shape index (κ1) is 19.0. The molecule has 29 heavy (non-hydrogen) atoms. The smallest absolute Gasteiger partial charge is 0.319 e. The molecule has 0 unspecified atom stereocenters. The van der Waals surface area contributed by atoms with E-state index < -0.39 is 0 Å². The van der Waals surface area contributed by atoms with Gasteiger partial charge in [-0.2, -0.15) is 0 Å². The quantitative estimate of drug-likeness (QED) is 0.456. The maximum absolute atomic E-state index is 12.2. The Morgan fingerprint density at radius 3 is 2.52 bits per heavy atom. The first-order valence-electron chi connectivity index (χ1n) is 9.26. The van der Waals surface area contributed by atoms with E-state index >= 15 is 0 Å². The fraction of sp³-hybridized carbons (Fsp3) is 0.130. The Morgan fingerprint density at radius 1 is 1.03 bits per heavy atom. The number of carbonyl (C=O) groups is 1. The predicted octanol–water partition coefficient (Wildman–Crippen LogP) is 5.60. The van der Waals surface area contributed by atoms with Crippen LogP contribution >= 0.6 is 11.3 Å². The molecule has 0 radical (unpaired) electrons. The number of benzene rings is 3. The summed E-state index contributed by atoms with van der Waals surface area (Å²) in [5, 5.41) is 6.68. The van der Waals surface area contributed by atoms with Gasteiger partial charge in [-0.3, -0.25) is 0 Å². The van der Waals surface area contributed by atoms with Gasteiger partial charge in [-0.25, -0.2) is 9.78 Å². The van der Waals surface area contributed by atoms with Gasteiger partial charge >= 0.3 is 6.03 Å². The minimum absolute atomic E-state index is 0.246. The summed E-state index contributed by atoms with van der Waals surface area (Å²) in [5.41, 5.74) is 5.01. The maximum Gasteiger partial charge on any atom is 0.319 e. The Morgan fingerprint density at radius 2 is 1.79 bits per heavy atom. The van der Waals surface area contributed by atoms with Crippen molar-refractivity contribution in [3.8, 4) is 16.3 Å². The number of nitrogens with zero attached hydrogens (tertiary/aromatic N) is 1. The van der Waals surface area contributed by atoms with Gasteiger partial charge in [0, 0.05) is 17.8 Å². The molecular weight excluding hydrogens is 382 g/mol. The highest BCUT2D eigenvalue weighted by Crippen LogP contribution is 2.31. The summed E-state index contributed by atoms with van der Waals surface area (Å²) in [6.07, 6.45) is 0. The highest BCUT2D eigenvalue weighted by molar-refractivity contribution is 7.21. The zero-order valence-electron chi connectivity index (χ0n) is 16.2. The predicted molar refractivity (Wildman–Crippen MR) is 119 cm³/mol. The van der Waals surface area contributed by atoms with Gasteiger partial charge in [0.25, 0.3) is 0 Å². The average molecular weight is 404 g/mol. The summed E-state index contributed by atoms with van der Waals surface area (Å²) < 4.78 is 6.31. The Bertz CT molecular complexity index is 1140. The van der Waals surface area contributed by atoms with Crippen LogP contribution in [0.25, 0.3) is 20.8 Å². The lowest BCUT2D eigenvalue weighted by molar-refractivity contribution is 0.251. The Balaban J connectivity index is 1.37. The van der Waals surface area contributed by atoms with Gasteiger partial charge in [0.15, 0.2) is 0 Å². The number of rotatable bonds is 5. The summed E-state index contributed by atoms with van der Waals surface area (Å²) in [5.74, 6) is 0.793. The molecule has 0 aliphatic rings. The molecule has 4 rings (SSSR count). The number of fused-ring (bicyclic) bond motifs is 1. The Kier molecular flexibility index (Phi) is 5.44. The lowest BCUT2D eigenvalue weighted by Crippen LogP contribution is -2.28. The molecule has 1 heterocycles. The van der Waals surface area contributed by atoms with Crippen molar-refractivity contribution in [2.75, 3.05) is 12.4 Å². The molecule has 0 saturated carbocycles. The second-order valence-corrected chi connectivity index (χ2v) is 7.75. The Labute approximate surface area is 173 Å². The number of nitrogens with one attached hydrogen (secondary N) is 2. The average Bonchev–Trinajstić information content (AvgIpc) is 3.16. The van der Waals surface area contributed by atoms with E-state index in [-0.39, 0.29) is 6.03 Å². The number of hydrogen-bond acceptors (Lipinski definition) is 4. The molecule has 4 aromatic rings. The second kappa shape index (κ2) is 8.32. The molecule has 2 amide bonds. The third-order valence-electron chi connectivity index (χ3n) is 4.55. The molecule has 5 nitrogen and oxygen atoms in total. The number of aromatic nitrogens is 1. The first-order chi connectivity index (χ1) is 14.1. The second-order valence-electron chi connectivity index (χ2n) is 6.72. The normalized spacial score (nSPS) is 10.7. The molecular formula is C23H21N3O2S. The molecule has 146 valence electrons. The number of thiazole rings is 1. The van der Waals surface area contributed by atoms with Crippen LogP contribution in [0.15, 0.2) is 66.7 Å². The SMILES string of the molecule is COc1ccc(CNC(=O)Nc2ccc(-c3nc4ccc(C)cc4s3)cc2)cc1. The molecule has 0 fully saturated rings. The fourth-order valence-electron chi connectivity index (χ4n) is 2.95. The zero-order chi connectivity index (χ0) is 20.2. The zero-order valence-corrected chi connectivity index (χ0v) is 17.0. The van der Waals surface area contributed by atoms with Crippen LogP contribution in [-0.4, -0.2) is 18.1 Å². The third kappa shape index (κ3) is 4.55. The molecule has 0 spiro atoms. The molecule has 0 bridgehead atoms.